The van der Waals surface area contributed by atoms with Gasteiger partial charge in [-0.3, -0.25) is 0 Å². The van der Waals surface area contributed by atoms with Gasteiger partial charge in [0.25, 0.3) is 0 Å². The summed E-state index contributed by atoms with van der Waals surface area (Å²) in [6, 6.07) is 20.8. The summed E-state index contributed by atoms with van der Waals surface area (Å²) in [7, 11) is 2.25. The van der Waals surface area contributed by atoms with Gasteiger partial charge >= 0.3 is 0 Å². The van der Waals surface area contributed by atoms with Crippen LogP contribution in [0.5, 0.6) is 0 Å². The normalized spacial score (nSPS) is 24.0. The van der Waals surface area contributed by atoms with Gasteiger partial charge in [0.2, 0.25) is 0 Å². The van der Waals surface area contributed by atoms with Gasteiger partial charge in [-0.1, -0.05) is 54.6 Å². The highest BCUT2D eigenvalue weighted by atomic mass is 15.0. The third-order valence-electron chi connectivity index (χ3n) is 6.20. The van der Waals surface area contributed by atoms with Crippen molar-refractivity contribution in [1.82, 2.24) is 10.1 Å². The van der Waals surface area contributed by atoms with Crippen LogP contribution in [0.2, 0.25) is 0 Å². The molecule has 1 aliphatic heterocycles. The summed E-state index contributed by atoms with van der Waals surface area (Å²) in [5, 5.41) is 3.92. The Morgan fingerprint density at radius 2 is 1.71 bits per heavy atom. The summed E-state index contributed by atoms with van der Waals surface area (Å²) in [5.74, 6) is 0. The minimum absolute atomic E-state index is 0.380. The van der Waals surface area contributed by atoms with E-state index in [9.17, 15) is 0 Å². The van der Waals surface area contributed by atoms with Gasteiger partial charge in [-0.2, -0.15) is 0 Å². The van der Waals surface area contributed by atoms with Crippen LogP contribution >= 0.6 is 0 Å². The van der Waals surface area contributed by atoms with Crippen molar-refractivity contribution in [3.8, 4) is 0 Å². The van der Waals surface area contributed by atoms with Crippen molar-refractivity contribution in [2.24, 2.45) is 0 Å². The van der Waals surface area contributed by atoms with Crippen molar-refractivity contribution in [2.75, 3.05) is 13.1 Å². The highest BCUT2D eigenvalue weighted by Gasteiger charge is 2.44. The monoisotopic (exact) mass is 318 g/mol. The predicted octanol–water partition coefficient (Wildman–Crippen LogP) is 3.36. The molecule has 2 nitrogen and oxygen atoms in total. The molecule has 0 bridgehead atoms. The Kier molecular flexibility index (Phi) is 4.23. The van der Waals surface area contributed by atoms with Crippen LogP contribution in [0, 0.1) is 0 Å². The van der Waals surface area contributed by atoms with Gasteiger partial charge in [-0.05, 0) is 61.4 Å². The van der Waals surface area contributed by atoms with Crippen LogP contribution in [0.25, 0.3) is 0 Å². The number of hydrogen-bond donors (Lipinski definition) is 1. The van der Waals surface area contributed by atoms with Gasteiger partial charge in [0.1, 0.15) is 0 Å². The maximum Gasteiger partial charge on any atom is 0.185 e. The third-order valence-corrected chi connectivity index (χ3v) is 6.20. The first-order chi connectivity index (χ1) is 11.7. The maximum absolute atomic E-state index is 3.92. The molecule has 0 aromatic heterocycles. The molecule has 0 radical (unpaired) electrons. The lowest BCUT2D eigenvalue weighted by molar-refractivity contribution is 0.221. The highest BCUT2D eigenvalue weighted by Crippen LogP contribution is 2.51. The Bertz CT molecular complexity index is 692. The van der Waals surface area contributed by atoms with Crippen LogP contribution in [0.3, 0.4) is 0 Å². The van der Waals surface area contributed by atoms with Crippen molar-refractivity contribution >= 4 is 7.98 Å². The zero-order chi connectivity index (χ0) is 16.6. The molecule has 2 aromatic rings. The first kappa shape index (κ1) is 15.9. The van der Waals surface area contributed by atoms with Crippen LogP contribution in [0.1, 0.15) is 55.0 Å². The first-order valence-electron chi connectivity index (χ1n) is 9.27. The zero-order valence-electron chi connectivity index (χ0n) is 14.8. The summed E-state index contributed by atoms with van der Waals surface area (Å²) in [6.07, 6.45) is 3.83. The lowest BCUT2D eigenvalue weighted by atomic mass is 9.73. The second kappa shape index (κ2) is 6.38. The first-order valence-corrected chi connectivity index (χ1v) is 9.27. The number of fused-ring (bicyclic) bond motifs is 2. The van der Waals surface area contributed by atoms with Gasteiger partial charge in [-0.15, -0.1) is 0 Å². The quantitative estimate of drug-likeness (QED) is 0.873. The highest BCUT2D eigenvalue weighted by molar-refractivity contribution is 6.04. The third kappa shape index (κ3) is 2.80. The van der Waals surface area contributed by atoms with E-state index >= 15 is 0 Å². The lowest BCUT2D eigenvalue weighted by Gasteiger charge is -2.39. The van der Waals surface area contributed by atoms with Crippen LogP contribution in [-0.2, 0) is 5.41 Å². The van der Waals surface area contributed by atoms with Crippen LogP contribution in [0.15, 0.2) is 54.6 Å². The van der Waals surface area contributed by atoms with Crippen molar-refractivity contribution in [1.29, 1.82) is 0 Å². The molecule has 1 aliphatic carbocycles. The van der Waals surface area contributed by atoms with Gasteiger partial charge in [0.05, 0.1) is 0 Å². The average molecular weight is 318 g/mol. The van der Waals surface area contributed by atoms with Gasteiger partial charge in [0, 0.05) is 12.1 Å². The standard InChI is InChI=1S/C21H27BN2/c1-16(17-7-3-2-4-8-17)23-20-15-21(11-13-24(22)14-12-21)19-10-6-5-9-18(19)20/h2-10,16,20,23H,11-15,22H2,1H3/t16-,20-/m0/s1. The minimum atomic E-state index is 0.380. The Hall–Kier alpha value is -1.58. The van der Waals surface area contributed by atoms with E-state index in [1.165, 1.54) is 43.5 Å². The van der Waals surface area contributed by atoms with Crippen LogP contribution in [-0.4, -0.2) is 25.9 Å². The fourth-order valence-corrected chi connectivity index (χ4v) is 4.70. The molecule has 4 rings (SSSR count). The Morgan fingerprint density at radius 1 is 1.04 bits per heavy atom. The number of hydrogen-bond acceptors (Lipinski definition) is 2. The van der Waals surface area contributed by atoms with E-state index in [-0.39, 0.29) is 0 Å². The van der Waals surface area contributed by atoms with E-state index in [2.05, 4.69) is 79.6 Å². The number of nitrogens with zero attached hydrogens (tertiary/aromatic N) is 1. The molecule has 1 saturated heterocycles. The summed E-state index contributed by atoms with van der Waals surface area (Å²) < 4.78 is 0. The molecule has 2 aliphatic rings. The van der Waals surface area contributed by atoms with Crippen molar-refractivity contribution in [3.05, 3.63) is 71.3 Å². The van der Waals surface area contributed by atoms with E-state index in [0.29, 0.717) is 17.5 Å². The molecular formula is C21H27BN2. The molecule has 1 heterocycles. The molecule has 0 unspecified atom stereocenters. The molecule has 124 valence electrons. The van der Waals surface area contributed by atoms with Crippen molar-refractivity contribution < 1.29 is 0 Å². The second-order valence-corrected chi connectivity index (χ2v) is 7.73. The summed E-state index contributed by atoms with van der Waals surface area (Å²) >= 11 is 0. The van der Waals surface area contributed by atoms with E-state index in [4.69, 9.17) is 0 Å². The van der Waals surface area contributed by atoms with E-state index in [0.717, 1.165) is 0 Å². The molecule has 1 spiro atoms. The molecule has 1 N–H and O–H groups in total. The predicted molar refractivity (Wildman–Crippen MR) is 103 cm³/mol. The Labute approximate surface area is 146 Å². The van der Waals surface area contributed by atoms with E-state index < -0.39 is 0 Å². The van der Waals surface area contributed by atoms with Gasteiger partial charge < -0.3 is 10.1 Å². The Balaban J connectivity index is 1.59. The molecule has 2 atom stereocenters. The van der Waals surface area contributed by atoms with Gasteiger partial charge in [-0.25, -0.2) is 0 Å². The molecule has 1 fully saturated rings. The zero-order valence-corrected chi connectivity index (χ0v) is 14.8. The van der Waals surface area contributed by atoms with Crippen molar-refractivity contribution in [2.45, 2.75) is 43.7 Å². The SMILES string of the molecule is BN1CCC2(CC1)C[C@H](N[C@@H](C)c1ccccc1)c1ccccc12. The summed E-state index contributed by atoms with van der Waals surface area (Å²) in [6.45, 7) is 4.72. The number of piperidine rings is 1. The fourth-order valence-electron chi connectivity index (χ4n) is 4.70. The van der Waals surface area contributed by atoms with Gasteiger partial charge in [0.15, 0.2) is 7.98 Å². The lowest BCUT2D eigenvalue weighted by Crippen LogP contribution is -2.40. The second-order valence-electron chi connectivity index (χ2n) is 7.73. The molecule has 0 saturated carbocycles. The topological polar surface area (TPSA) is 15.3 Å². The maximum atomic E-state index is 3.92. The average Bonchev–Trinajstić information content (AvgIpc) is 2.92. The molecule has 24 heavy (non-hydrogen) atoms. The van der Waals surface area contributed by atoms with Crippen LogP contribution in [0.4, 0.5) is 0 Å². The molecule has 0 amide bonds. The fraction of sp³-hybridized carbons (Fsp3) is 0.429. The smallest absolute Gasteiger partial charge is 0.185 e. The number of nitrogens with one attached hydrogen (secondary N) is 1. The molecule has 2 aromatic carbocycles. The number of rotatable bonds is 3. The minimum Gasteiger partial charge on any atom is -0.349 e. The van der Waals surface area contributed by atoms with E-state index in [1.807, 2.05) is 0 Å². The summed E-state index contributed by atoms with van der Waals surface area (Å²) in [4.78, 5) is 2.47. The largest absolute Gasteiger partial charge is 0.349 e. The molecular weight excluding hydrogens is 291 g/mol. The Morgan fingerprint density at radius 3 is 2.46 bits per heavy atom. The van der Waals surface area contributed by atoms with Crippen molar-refractivity contribution in [3.63, 3.8) is 0 Å². The molecule has 3 heteroatoms. The number of benzene rings is 2. The van der Waals surface area contributed by atoms with E-state index in [1.54, 1.807) is 5.56 Å². The summed E-state index contributed by atoms with van der Waals surface area (Å²) in [5.41, 5.74) is 4.90. The van der Waals surface area contributed by atoms with Crippen LogP contribution < -0.4 is 5.32 Å².